The van der Waals surface area contributed by atoms with Crippen molar-refractivity contribution in [3.63, 3.8) is 0 Å². The van der Waals surface area contributed by atoms with E-state index in [0.29, 0.717) is 19.0 Å². The third kappa shape index (κ3) is 4.88. The molecule has 0 atom stereocenters. The minimum absolute atomic E-state index is 0.300. The molecule has 2 aliphatic rings. The van der Waals surface area contributed by atoms with Crippen LogP contribution >= 0.6 is 11.6 Å². The van der Waals surface area contributed by atoms with Crippen molar-refractivity contribution in [2.24, 2.45) is 0 Å². The third-order valence-electron chi connectivity index (χ3n) is 6.47. The predicted octanol–water partition coefficient (Wildman–Crippen LogP) is 2.94. The van der Waals surface area contributed by atoms with Gasteiger partial charge in [0.25, 0.3) is 0 Å². The molecule has 2 aromatic rings. The number of amides is 1. The molecule has 0 unspecified atom stereocenters. The van der Waals surface area contributed by atoms with Gasteiger partial charge in [-0.2, -0.15) is 5.10 Å². The lowest BCUT2D eigenvalue weighted by molar-refractivity contribution is -0.131. The van der Waals surface area contributed by atoms with Gasteiger partial charge in [-0.1, -0.05) is 29.8 Å². The van der Waals surface area contributed by atoms with Crippen LogP contribution in [0.5, 0.6) is 0 Å². The second-order valence-corrected chi connectivity index (χ2v) is 8.95. The lowest BCUT2D eigenvalue weighted by Gasteiger charge is -2.35. The van der Waals surface area contributed by atoms with Crippen molar-refractivity contribution in [3.8, 4) is 0 Å². The summed E-state index contributed by atoms with van der Waals surface area (Å²) in [6.45, 7) is 12.2. The summed E-state index contributed by atoms with van der Waals surface area (Å²) in [5, 5.41) is 5.56. The van der Waals surface area contributed by atoms with Gasteiger partial charge in [-0.15, -0.1) is 0 Å². The Bertz CT molecular complexity index is 882. The molecule has 2 saturated heterocycles. The maximum absolute atomic E-state index is 12.4. The van der Waals surface area contributed by atoms with E-state index in [9.17, 15) is 4.79 Å². The number of aryl methyl sites for hydroxylation is 1. The van der Waals surface area contributed by atoms with Crippen LogP contribution in [0.25, 0.3) is 0 Å². The molecule has 30 heavy (non-hydrogen) atoms. The summed E-state index contributed by atoms with van der Waals surface area (Å²) in [4.78, 5) is 19.2. The molecule has 6 nitrogen and oxygen atoms in total. The molecule has 0 aliphatic carbocycles. The Morgan fingerprint density at radius 3 is 2.33 bits per heavy atom. The number of piperazine rings is 1. The highest BCUT2D eigenvalue weighted by Gasteiger charge is 2.24. The van der Waals surface area contributed by atoms with E-state index in [1.165, 1.54) is 11.3 Å². The van der Waals surface area contributed by atoms with Gasteiger partial charge in [-0.3, -0.25) is 19.3 Å². The highest BCUT2D eigenvalue weighted by atomic mass is 35.5. The first kappa shape index (κ1) is 21.3. The quantitative estimate of drug-likeness (QED) is 0.708. The molecule has 162 valence electrons. The van der Waals surface area contributed by atoms with Crippen LogP contribution in [0.1, 0.15) is 35.4 Å². The SMILES string of the molecule is Cc1nn(Cc2ccccc2Cl)c(C)c1CN1CCN(CC(=O)N2CCCC2)CC1. The fourth-order valence-electron chi connectivity index (χ4n) is 4.49. The van der Waals surface area contributed by atoms with Gasteiger partial charge in [0.2, 0.25) is 5.91 Å². The van der Waals surface area contributed by atoms with Gasteiger partial charge in [-0.25, -0.2) is 0 Å². The molecule has 2 aliphatic heterocycles. The van der Waals surface area contributed by atoms with Crippen LogP contribution in [0.2, 0.25) is 5.02 Å². The summed E-state index contributed by atoms with van der Waals surface area (Å²) >= 11 is 6.34. The average Bonchev–Trinajstić information content (AvgIpc) is 3.36. The smallest absolute Gasteiger partial charge is 0.236 e. The Morgan fingerprint density at radius 1 is 0.967 bits per heavy atom. The molecule has 1 aromatic carbocycles. The molecular formula is C23H32ClN5O. The van der Waals surface area contributed by atoms with Crippen molar-refractivity contribution in [2.45, 2.75) is 39.8 Å². The molecule has 0 spiro atoms. The number of hydrogen-bond acceptors (Lipinski definition) is 4. The Morgan fingerprint density at radius 2 is 1.63 bits per heavy atom. The summed E-state index contributed by atoms with van der Waals surface area (Å²) in [5.41, 5.74) is 4.70. The zero-order valence-corrected chi connectivity index (χ0v) is 18.9. The van der Waals surface area contributed by atoms with Gasteiger partial charge >= 0.3 is 0 Å². The fourth-order valence-corrected chi connectivity index (χ4v) is 4.69. The maximum Gasteiger partial charge on any atom is 0.236 e. The van der Waals surface area contributed by atoms with Crippen LogP contribution in [-0.2, 0) is 17.9 Å². The van der Waals surface area contributed by atoms with E-state index in [-0.39, 0.29) is 0 Å². The molecule has 7 heteroatoms. The summed E-state index contributed by atoms with van der Waals surface area (Å²) in [7, 11) is 0. The van der Waals surface area contributed by atoms with Gasteiger partial charge in [0.1, 0.15) is 0 Å². The summed E-state index contributed by atoms with van der Waals surface area (Å²) in [6, 6.07) is 7.96. The summed E-state index contributed by atoms with van der Waals surface area (Å²) < 4.78 is 2.07. The van der Waals surface area contributed by atoms with Gasteiger partial charge < -0.3 is 4.90 Å². The molecule has 0 saturated carbocycles. The number of carbonyl (C=O) groups is 1. The van der Waals surface area contributed by atoms with Crippen molar-refractivity contribution in [3.05, 3.63) is 51.8 Å². The largest absolute Gasteiger partial charge is 0.342 e. The lowest BCUT2D eigenvalue weighted by Crippen LogP contribution is -2.49. The zero-order chi connectivity index (χ0) is 21.1. The van der Waals surface area contributed by atoms with E-state index < -0.39 is 0 Å². The van der Waals surface area contributed by atoms with E-state index in [4.69, 9.17) is 16.7 Å². The number of carbonyl (C=O) groups excluding carboxylic acids is 1. The Labute approximate surface area is 184 Å². The van der Waals surface area contributed by atoms with Crippen molar-refractivity contribution in [1.29, 1.82) is 0 Å². The van der Waals surface area contributed by atoms with E-state index in [2.05, 4.69) is 34.4 Å². The lowest BCUT2D eigenvalue weighted by atomic mass is 10.1. The Kier molecular flexibility index (Phi) is 6.76. The minimum atomic E-state index is 0.300. The first-order chi connectivity index (χ1) is 14.5. The second kappa shape index (κ2) is 9.50. The standard InChI is InChI=1S/C23H32ClN5O/c1-18-21(19(2)29(25-18)15-20-7-3-4-8-22(20)24)16-26-11-13-27(14-12-26)17-23(30)28-9-5-6-10-28/h3-4,7-8H,5-6,9-17H2,1-2H3. The number of benzene rings is 1. The topological polar surface area (TPSA) is 44.6 Å². The molecule has 0 radical (unpaired) electrons. The van der Waals surface area contributed by atoms with Crippen LogP contribution in [0, 0.1) is 13.8 Å². The maximum atomic E-state index is 12.4. The van der Waals surface area contributed by atoms with E-state index in [1.54, 1.807) is 0 Å². The molecule has 0 N–H and O–H groups in total. The van der Waals surface area contributed by atoms with E-state index in [1.807, 2.05) is 23.1 Å². The van der Waals surface area contributed by atoms with Crippen molar-refractivity contribution >= 4 is 17.5 Å². The van der Waals surface area contributed by atoms with Crippen LogP contribution < -0.4 is 0 Å². The van der Waals surface area contributed by atoms with E-state index in [0.717, 1.165) is 74.9 Å². The highest BCUT2D eigenvalue weighted by molar-refractivity contribution is 6.31. The minimum Gasteiger partial charge on any atom is -0.342 e. The monoisotopic (exact) mass is 429 g/mol. The average molecular weight is 430 g/mol. The number of hydrogen-bond donors (Lipinski definition) is 0. The normalized spacial score (nSPS) is 18.3. The summed E-state index contributed by atoms with van der Waals surface area (Å²) in [5.74, 6) is 0.300. The van der Waals surface area contributed by atoms with E-state index >= 15 is 0 Å². The van der Waals surface area contributed by atoms with Gasteiger partial charge in [0.05, 0.1) is 18.8 Å². The Hall–Kier alpha value is -1.89. The highest BCUT2D eigenvalue weighted by Crippen LogP contribution is 2.21. The number of nitrogens with zero attached hydrogens (tertiary/aromatic N) is 5. The van der Waals surface area contributed by atoms with Gasteiger partial charge in [0.15, 0.2) is 0 Å². The first-order valence-electron chi connectivity index (χ1n) is 11.0. The molecule has 4 rings (SSSR count). The number of rotatable bonds is 6. The van der Waals surface area contributed by atoms with Gasteiger partial charge in [-0.05, 0) is 38.3 Å². The van der Waals surface area contributed by atoms with Crippen LogP contribution in [0.3, 0.4) is 0 Å². The Balaban J connectivity index is 1.32. The van der Waals surface area contributed by atoms with Crippen molar-refractivity contribution in [1.82, 2.24) is 24.5 Å². The molecule has 1 amide bonds. The third-order valence-corrected chi connectivity index (χ3v) is 6.84. The number of aromatic nitrogens is 2. The second-order valence-electron chi connectivity index (χ2n) is 8.54. The number of likely N-dealkylation sites (tertiary alicyclic amines) is 1. The summed E-state index contributed by atoms with van der Waals surface area (Å²) in [6.07, 6.45) is 2.31. The van der Waals surface area contributed by atoms with Crippen LogP contribution in [0.4, 0.5) is 0 Å². The first-order valence-corrected chi connectivity index (χ1v) is 11.4. The zero-order valence-electron chi connectivity index (χ0n) is 18.1. The molecule has 2 fully saturated rings. The predicted molar refractivity (Wildman–Crippen MR) is 120 cm³/mol. The molecule has 0 bridgehead atoms. The molecule has 1 aromatic heterocycles. The van der Waals surface area contributed by atoms with Crippen LogP contribution in [-0.4, -0.2) is 76.2 Å². The number of halogens is 1. The van der Waals surface area contributed by atoms with Crippen molar-refractivity contribution in [2.75, 3.05) is 45.8 Å². The molecule has 3 heterocycles. The van der Waals surface area contributed by atoms with Crippen LogP contribution in [0.15, 0.2) is 24.3 Å². The molecular weight excluding hydrogens is 398 g/mol. The van der Waals surface area contributed by atoms with Gasteiger partial charge in [0, 0.05) is 62.1 Å². The van der Waals surface area contributed by atoms with Crippen molar-refractivity contribution < 1.29 is 4.79 Å². The fraction of sp³-hybridized carbons (Fsp3) is 0.565.